The van der Waals surface area contributed by atoms with Crippen LogP contribution in [0.3, 0.4) is 0 Å². The highest BCUT2D eigenvalue weighted by Crippen LogP contribution is 1.92. The molecule has 1 heterocycles. The Morgan fingerprint density at radius 1 is 0.900 bits per heavy atom. The number of esters is 2. The van der Waals surface area contributed by atoms with Crippen molar-refractivity contribution < 1.29 is 44.0 Å². The number of hydrogen-bond donors (Lipinski definition) is 3. The summed E-state index contributed by atoms with van der Waals surface area (Å²) in [6.07, 6.45) is 4.12. The van der Waals surface area contributed by atoms with Crippen LogP contribution in [-0.2, 0) is 28.7 Å². The van der Waals surface area contributed by atoms with Crippen molar-refractivity contribution in [3.8, 4) is 0 Å². The van der Waals surface area contributed by atoms with Crippen LogP contribution in [0, 0.1) is 0 Å². The second kappa shape index (κ2) is 10.9. The van der Waals surface area contributed by atoms with Crippen molar-refractivity contribution in [2.24, 2.45) is 0 Å². The first-order chi connectivity index (χ1) is 9.18. The minimum absolute atomic E-state index is 0.558. The van der Waals surface area contributed by atoms with Crippen LogP contribution in [0.25, 0.3) is 0 Å². The molecule has 0 bridgehead atoms. The first kappa shape index (κ1) is 19.1. The van der Waals surface area contributed by atoms with E-state index in [0.29, 0.717) is 12.2 Å². The fraction of sp³-hybridized carbons (Fsp3) is 0. The van der Waals surface area contributed by atoms with Crippen LogP contribution in [0.2, 0.25) is 0 Å². The van der Waals surface area contributed by atoms with E-state index in [4.69, 9.17) is 15.3 Å². The molecule has 3 N–H and O–H groups in total. The van der Waals surface area contributed by atoms with Gasteiger partial charge in [0, 0.05) is 30.4 Å². The summed E-state index contributed by atoms with van der Waals surface area (Å²) in [6.45, 7) is 2.96. The third kappa shape index (κ3) is 17.2. The number of rotatable bonds is 3. The predicted octanol–water partition coefficient (Wildman–Crippen LogP) is -0.405. The van der Waals surface area contributed by atoms with E-state index in [9.17, 15) is 24.0 Å². The quantitative estimate of drug-likeness (QED) is 0.356. The van der Waals surface area contributed by atoms with E-state index >= 15 is 0 Å². The van der Waals surface area contributed by atoms with Crippen molar-refractivity contribution >= 4 is 29.8 Å². The van der Waals surface area contributed by atoms with Crippen LogP contribution in [0.15, 0.2) is 37.0 Å². The first-order valence-corrected chi connectivity index (χ1v) is 4.62. The van der Waals surface area contributed by atoms with Gasteiger partial charge in [-0.2, -0.15) is 0 Å². The van der Waals surface area contributed by atoms with Gasteiger partial charge in [0.1, 0.15) is 0 Å². The molecule has 0 saturated heterocycles. The zero-order valence-corrected chi connectivity index (χ0v) is 9.88. The van der Waals surface area contributed by atoms with Gasteiger partial charge in [-0.05, 0) is 0 Å². The minimum atomic E-state index is -1.26. The van der Waals surface area contributed by atoms with Gasteiger partial charge in [-0.25, -0.2) is 24.0 Å². The Morgan fingerprint density at radius 2 is 1.20 bits per heavy atom. The largest absolute Gasteiger partial charge is 0.478 e. The summed E-state index contributed by atoms with van der Waals surface area (Å²) in [4.78, 5) is 48.2. The van der Waals surface area contributed by atoms with Gasteiger partial charge in [-0.15, -0.1) is 0 Å². The van der Waals surface area contributed by atoms with Crippen molar-refractivity contribution in [1.82, 2.24) is 0 Å². The van der Waals surface area contributed by atoms with Crippen LogP contribution in [0.1, 0.15) is 0 Å². The molecule has 0 atom stereocenters. The molecule has 0 saturated carbocycles. The number of carboxylic acid groups (broad SMARTS) is 3. The van der Waals surface area contributed by atoms with Crippen molar-refractivity contribution in [1.29, 1.82) is 0 Å². The zero-order chi connectivity index (χ0) is 16.1. The Hall–Kier alpha value is -3.23. The highest BCUT2D eigenvalue weighted by atomic mass is 16.6. The molecular formula is C11H10O9. The second-order valence-electron chi connectivity index (χ2n) is 2.63. The summed E-state index contributed by atoms with van der Waals surface area (Å²) in [5, 5.41) is 23.2. The lowest BCUT2D eigenvalue weighted by Crippen LogP contribution is -1.96. The van der Waals surface area contributed by atoms with E-state index in [1.54, 1.807) is 0 Å². The molecule has 0 fully saturated rings. The molecule has 0 aromatic carbocycles. The van der Waals surface area contributed by atoms with Gasteiger partial charge in [0.2, 0.25) is 0 Å². The van der Waals surface area contributed by atoms with Gasteiger partial charge >= 0.3 is 29.8 Å². The van der Waals surface area contributed by atoms with Gasteiger partial charge in [0.15, 0.2) is 0 Å². The molecule has 0 aliphatic carbocycles. The number of carboxylic acids is 3. The molecule has 0 radical (unpaired) electrons. The number of hydrogen-bond acceptors (Lipinski definition) is 6. The number of carbonyl (C=O) groups is 5. The molecule has 108 valence electrons. The lowest BCUT2D eigenvalue weighted by Gasteiger charge is -1.80. The molecule has 0 amide bonds. The molecule has 0 unspecified atom stereocenters. The normalized spacial score (nSPS) is 11.6. The monoisotopic (exact) mass is 286 g/mol. The van der Waals surface area contributed by atoms with E-state index in [0.717, 1.165) is 18.2 Å². The summed E-state index contributed by atoms with van der Waals surface area (Å²) in [5.74, 6) is -4.65. The van der Waals surface area contributed by atoms with E-state index in [1.807, 2.05) is 0 Å². The highest BCUT2D eigenvalue weighted by molar-refractivity contribution is 6.04. The van der Waals surface area contributed by atoms with Crippen LogP contribution in [0.5, 0.6) is 0 Å². The third-order valence-corrected chi connectivity index (χ3v) is 1.10. The smallest absolute Gasteiger partial charge is 0.338 e. The summed E-state index contributed by atoms with van der Waals surface area (Å²) < 4.78 is 3.97. The molecule has 9 nitrogen and oxygen atoms in total. The number of aliphatic carboxylic acids is 3. The Morgan fingerprint density at radius 3 is 1.30 bits per heavy atom. The SMILES string of the molecule is C=CC(=O)O.O=C(O)/C=C\C(=O)O.O=C1C=CC(=O)O1. The van der Waals surface area contributed by atoms with Crippen LogP contribution < -0.4 is 0 Å². The molecule has 0 spiro atoms. The van der Waals surface area contributed by atoms with Gasteiger partial charge in [-0.3, -0.25) is 0 Å². The average Bonchev–Trinajstić information content (AvgIpc) is 2.72. The Balaban J connectivity index is 0. The molecular weight excluding hydrogens is 276 g/mol. The summed E-state index contributed by atoms with van der Waals surface area (Å²) >= 11 is 0. The van der Waals surface area contributed by atoms with E-state index in [1.165, 1.54) is 0 Å². The first-order valence-electron chi connectivity index (χ1n) is 4.62. The summed E-state index contributed by atoms with van der Waals surface area (Å²) in [6, 6.07) is 0. The van der Waals surface area contributed by atoms with Crippen LogP contribution in [-0.4, -0.2) is 45.2 Å². The maximum atomic E-state index is 9.92. The standard InChI is InChI=1S/C4H4O4.C4H2O3.C3H4O2/c5-3(6)1-2-4(7)8;5-3-1-2-4(6)7-3;1-2-3(4)5/h1-2H,(H,5,6)(H,7,8);1-2H;2H,1H2,(H,4,5)/b2-1-;;. The second-order valence-corrected chi connectivity index (χ2v) is 2.63. The lowest BCUT2D eigenvalue weighted by atomic mass is 10.5. The number of ether oxygens (including phenoxy) is 1. The fourth-order valence-electron chi connectivity index (χ4n) is 0.446. The van der Waals surface area contributed by atoms with Crippen molar-refractivity contribution in [3.05, 3.63) is 37.0 Å². The van der Waals surface area contributed by atoms with Gasteiger partial charge in [0.05, 0.1) is 0 Å². The molecule has 0 aromatic heterocycles. The lowest BCUT2D eigenvalue weighted by molar-refractivity contribution is -0.150. The van der Waals surface area contributed by atoms with Gasteiger partial charge < -0.3 is 20.1 Å². The molecule has 20 heavy (non-hydrogen) atoms. The molecule has 0 aromatic rings. The van der Waals surface area contributed by atoms with Gasteiger partial charge in [0.25, 0.3) is 0 Å². The van der Waals surface area contributed by atoms with E-state index in [2.05, 4.69) is 11.3 Å². The van der Waals surface area contributed by atoms with Crippen LogP contribution in [0.4, 0.5) is 0 Å². The summed E-state index contributed by atoms with van der Waals surface area (Å²) in [5.41, 5.74) is 0. The fourth-order valence-corrected chi connectivity index (χ4v) is 0.446. The molecule has 9 heteroatoms. The van der Waals surface area contributed by atoms with Gasteiger partial charge in [-0.1, -0.05) is 6.58 Å². The molecule has 1 rings (SSSR count). The Labute approximate surface area is 112 Å². The Kier molecular flexibility index (Phi) is 10.4. The van der Waals surface area contributed by atoms with Crippen LogP contribution >= 0.6 is 0 Å². The third-order valence-electron chi connectivity index (χ3n) is 1.10. The number of carbonyl (C=O) groups excluding carboxylic acids is 2. The minimum Gasteiger partial charge on any atom is -0.478 e. The van der Waals surface area contributed by atoms with E-state index in [-0.39, 0.29) is 0 Å². The summed E-state index contributed by atoms with van der Waals surface area (Å²) in [7, 11) is 0. The molecule has 1 aliphatic rings. The average molecular weight is 286 g/mol. The maximum absolute atomic E-state index is 9.92. The number of cyclic esters (lactones) is 2. The Bertz CT molecular complexity index is 438. The zero-order valence-electron chi connectivity index (χ0n) is 9.88. The van der Waals surface area contributed by atoms with E-state index < -0.39 is 29.8 Å². The maximum Gasteiger partial charge on any atom is 0.338 e. The highest BCUT2D eigenvalue weighted by Gasteiger charge is 2.10. The topological polar surface area (TPSA) is 155 Å². The molecule has 1 aliphatic heterocycles. The van der Waals surface area contributed by atoms with Crippen molar-refractivity contribution in [2.75, 3.05) is 0 Å². The predicted molar refractivity (Wildman–Crippen MR) is 62.5 cm³/mol. The van der Waals surface area contributed by atoms with Crippen molar-refractivity contribution in [2.45, 2.75) is 0 Å². The van der Waals surface area contributed by atoms with Crippen molar-refractivity contribution in [3.63, 3.8) is 0 Å².